The number of unbranched alkanes of at least 4 members (excludes halogenated alkanes) is 32. The number of rotatable bonds is 35. The molecule has 3 nitrogen and oxygen atoms in total. The van der Waals surface area contributed by atoms with Crippen LogP contribution in [0.25, 0.3) is 0 Å². The normalized spacial score (nSPS) is 11.6. The van der Waals surface area contributed by atoms with Crippen LogP contribution in [-0.2, 0) is 16.5 Å². The Morgan fingerprint density at radius 3 is 0.957 bits per heavy atom. The summed E-state index contributed by atoms with van der Waals surface area (Å²) in [6.45, 7) is 2.30. The third-order valence-corrected chi connectivity index (χ3v) is 10.6. The van der Waals surface area contributed by atoms with Crippen molar-refractivity contribution in [3.8, 4) is 0 Å². The van der Waals surface area contributed by atoms with Crippen LogP contribution >= 0.6 is 0 Å². The van der Waals surface area contributed by atoms with Gasteiger partial charge in [0, 0.05) is 0 Å². The molecular weight excluding hydrogens is 596 g/mol. The van der Waals surface area contributed by atoms with Gasteiger partial charge in [0.1, 0.15) is 10.1 Å². The van der Waals surface area contributed by atoms with Gasteiger partial charge in [0.2, 0.25) is 0 Å². The van der Waals surface area contributed by atoms with Gasteiger partial charge in [-0.25, -0.2) is 8.42 Å². The monoisotopic (exact) mass is 671 g/mol. The molecule has 0 bridgehead atoms. The first kappa shape index (κ1) is 46.1. The van der Waals surface area contributed by atoms with Gasteiger partial charge >= 0.3 is 29.6 Å². The van der Waals surface area contributed by atoms with Gasteiger partial charge < -0.3 is 4.55 Å². The van der Waals surface area contributed by atoms with Crippen LogP contribution in [0.3, 0.4) is 0 Å². The van der Waals surface area contributed by atoms with Crippen LogP contribution < -0.4 is 29.6 Å². The molecule has 0 spiro atoms. The molecular formula is C41H75NaO3S. The predicted molar refractivity (Wildman–Crippen MR) is 196 cm³/mol. The summed E-state index contributed by atoms with van der Waals surface area (Å²) in [6.07, 6.45) is 47.5. The molecule has 5 heteroatoms. The zero-order valence-corrected chi connectivity index (χ0v) is 33.8. The Kier molecular flexibility index (Phi) is 35.1. The summed E-state index contributed by atoms with van der Waals surface area (Å²) in [6, 6.07) is 6.50. The minimum atomic E-state index is -4.35. The average molecular weight is 671 g/mol. The van der Waals surface area contributed by atoms with Crippen LogP contribution in [-0.4, -0.2) is 13.0 Å². The number of hydrogen-bond acceptors (Lipinski definition) is 3. The van der Waals surface area contributed by atoms with Crippen molar-refractivity contribution in [2.45, 2.75) is 230 Å². The van der Waals surface area contributed by atoms with Gasteiger partial charge in [-0.2, -0.15) is 0 Å². The molecule has 0 radical (unpaired) electrons. The summed E-state index contributed by atoms with van der Waals surface area (Å²) in [5.41, 5.74) is 0.952. The second kappa shape index (κ2) is 35.0. The van der Waals surface area contributed by atoms with Gasteiger partial charge in [-0.05, 0) is 30.5 Å². The smallest absolute Gasteiger partial charge is 0.744 e. The molecule has 0 saturated carbocycles. The topological polar surface area (TPSA) is 57.2 Å². The van der Waals surface area contributed by atoms with Crippen molar-refractivity contribution in [2.24, 2.45) is 0 Å². The number of benzene rings is 1. The first-order valence-corrected chi connectivity index (χ1v) is 21.5. The molecule has 0 atom stereocenters. The maximum atomic E-state index is 11.2. The van der Waals surface area contributed by atoms with Crippen molar-refractivity contribution in [3.63, 3.8) is 0 Å². The SMILES string of the molecule is CCCCCCCCCCCCCCCCCCCCCCCCCCCCCCCCCCCc1cccc(S(=O)(=O)[O-])c1.[Na+]. The summed E-state index contributed by atoms with van der Waals surface area (Å²) in [7, 11) is -4.35. The molecule has 46 heavy (non-hydrogen) atoms. The molecule has 0 aromatic heterocycles. The van der Waals surface area contributed by atoms with Gasteiger partial charge in [-0.3, -0.25) is 0 Å². The number of hydrogen-bond donors (Lipinski definition) is 0. The van der Waals surface area contributed by atoms with Crippen molar-refractivity contribution in [1.82, 2.24) is 0 Å². The molecule has 0 heterocycles. The fraction of sp³-hybridized carbons (Fsp3) is 0.854. The fourth-order valence-corrected chi connectivity index (χ4v) is 7.28. The maximum absolute atomic E-state index is 11.2. The largest absolute Gasteiger partial charge is 1.00 e. The van der Waals surface area contributed by atoms with E-state index in [2.05, 4.69) is 6.92 Å². The molecule has 0 unspecified atom stereocenters. The van der Waals surface area contributed by atoms with Crippen LogP contribution in [0.1, 0.15) is 224 Å². The second-order valence-electron chi connectivity index (χ2n) is 14.2. The summed E-state index contributed by atoms with van der Waals surface area (Å²) in [5.74, 6) is 0. The van der Waals surface area contributed by atoms with Crippen LogP contribution in [0.4, 0.5) is 0 Å². The number of aryl methyl sites for hydroxylation is 1. The van der Waals surface area contributed by atoms with Crippen molar-refractivity contribution in [1.29, 1.82) is 0 Å². The van der Waals surface area contributed by atoms with Crippen LogP contribution in [0, 0.1) is 0 Å². The second-order valence-corrected chi connectivity index (χ2v) is 15.5. The van der Waals surface area contributed by atoms with E-state index in [9.17, 15) is 13.0 Å². The standard InChI is InChI=1S/C41H76O3S.Na/c1-2-3-4-5-6-7-8-9-10-11-12-13-14-15-16-17-18-19-20-21-22-23-24-25-26-27-28-29-30-31-32-33-34-36-40-37-35-38-41(39-40)45(42,43)44;/h35,37-39H,2-34,36H2,1H3,(H,42,43,44);/q;+1/p-1. The third-order valence-electron chi connectivity index (χ3n) is 9.76. The molecule has 0 aliphatic carbocycles. The van der Waals surface area contributed by atoms with E-state index in [1.807, 2.05) is 6.07 Å². The summed E-state index contributed by atoms with van der Waals surface area (Å²) in [4.78, 5) is -0.106. The molecule has 0 amide bonds. The molecule has 0 aliphatic heterocycles. The minimum Gasteiger partial charge on any atom is -0.744 e. The van der Waals surface area contributed by atoms with E-state index in [4.69, 9.17) is 0 Å². The zero-order valence-electron chi connectivity index (χ0n) is 31.0. The van der Waals surface area contributed by atoms with E-state index in [1.165, 1.54) is 218 Å². The van der Waals surface area contributed by atoms with Crippen LogP contribution in [0.2, 0.25) is 0 Å². The zero-order chi connectivity index (χ0) is 32.5. The van der Waals surface area contributed by atoms with Gasteiger partial charge in [0.25, 0.3) is 0 Å². The molecule has 1 rings (SSSR count). The maximum Gasteiger partial charge on any atom is 1.00 e. The minimum absolute atomic E-state index is 0. The predicted octanol–water partition coefficient (Wildman–Crippen LogP) is 11.0. The van der Waals surface area contributed by atoms with Crippen molar-refractivity contribution >= 4 is 10.1 Å². The van der Waals surface area contributed by atoms with Gasteiger partial charge in [-0.1, -0.05) is 225 Å². The molecule has 0 aliphatic rings. The molecule has 0 N–H and O–H groups in total. The Hall–Kier alpha value is 0.130. The molecule has 1 aromatic rings. The van der Waals surface area contributed by atoms with Crippen molar-refractivity contribution in [2.75, 3.05) is 0 Å². The quantitative estimate of drug-likeness (QED) is 0.0410. The fourth-order valence-electron chi connectivity index (χ4n) is 6.74. The van der Waals surface area contributed by atoms with E-state index >= 15 is 0 Å². The summed E-state index contributed by atoms with van der Waals surface area (Å²) < 4.78 is 33.5. The first-order chi connectivity index (χ1) is 22.0. The summed E-state index contributed by atoms with van der Waals surface area (Å²) in [5, 5.41) is 0. The Bertz CT molecular complexity index is 857. The van der Waals surface area contributed by atoms with Gasteiger partial charge in [0.15, 0.2) is 0 Å². The average Bonchev–Trinajstić information content (AvgIpc) is 3.03. The van der Waals surface area contributed by atoms with Gasteiger partial charge in [0.05, 0.1) is 4.90 Å². The van der Waals surface area contributed by atoms with Crippen molar-refractivity contribution < 1.29 is 42.5 Å². The van der Waals surface area contributed by atoms with E-state index in [0.717, 1.165) is 18.4 Å². The molecule has 0 saturated heterocycles. The Morgan fingerprint density at radius 2 is 0.696 bits per heavy atom. The van der Waals surface area contributed by atoms with Gasteiger partial charge in [-0.15, -0.1) is 0 Å². The Balaban J connectivity index is 0.0000202. The molecule has 264 valence electrons. The van der Waals surface area contributed by atoms with Crippen molar-refractivity contribution in [3.05, 3.63) is 29.8 Å². The summed E-state index contributed by atoms with van der Waals surface area (Å²) >= 11 is 0. The van der Waals surface area contributed by atoms with E-state index in [-0.39, 0.29) is 34.5 Å². The van der Waals surface area contributed by atoms with Crippen LogP contribution in [0.15, 0.2) is 29.2 Å². The molecule has 1 aromatic carbocycles. The van der Waals surface area contributed by atoms with Crippen LogP contribution in [0.5, 0.6) is 0 Å². The Morgan fingerprint density at radius 1 is 0.435 bits per heavy atom. The Labute approximate surface area is 310 Å². The van der Waals surface area contributed by atoms with E-state index in [1.54, 1.807) is 6.07 Å². The van der Waals surface area contributed by atoms with E-state index in [0.29, 0.717) is 0 Å². The van der Waals surface area contributed by atoms with E-state index < -0.39 is 10.1 Å². The third kappa shape index (κ3) is 31.4. The first-order valence-electron chi connectivity index (χ1n) is 20.1. The molecule has 0 fully saturated rings.